The summed E-state index contributed by atoms with van der Waals surface area (Å²) in [4.78, 5) is 21.7. The fourth-order valence-electron chi connectivity index (χ4n) is 3.55. The van der Waals surface area contributed by atoms with Crippen LogP contribution in [0, 0.1) is 11.3 Å². The summed E-state index contributed by atoms with van der Waals surface area (Å²) in [6, 6.07) is 8.03. The third-order valence-electron chi connectivity index (χ3n) is 5.42. The van der Waals surface area contributed by atoms with Crippen molar-refractivity contribution in [3.05, 3.63) is 56.8 Å². The highest BCUT2D eigenvalue weighted by Crippen LogP contribution is 2.29. The van der Waals surface area contributed by atoms with Crippen molar-refractivity contribution >= 4 is 21.8 Å². The number of hydrogen-bond acceptors (Lipinski definition) is 5. The van der Waals surface area contributed by atoms with E-state index in [4.69, 9.17) is 4.74 Å². The summed E-state index contributed by atoms with van der Waals surface area (Å²) < 4.78 is 6.56. The summed E-state index contributed by atoms with van der Waals surface area (Å²) in [5, 5.41) is 9.21. The zero-order valence-electron chi connectivity index (χ0n) is 17.7. The van der Waals surface area contributed by atoms with Crippen molar-refractivity contribution in [1.82, 2.24) is 14.8 Å². The molecule has 7 heteroatoms. The van der Waals surface area contributed by atoms with E-state index in [9.17, 15) is 10.1 Å². The van der Waals surface area contributed by atoms with Crippen molar-refractivity contribution in [2.24, 2.45) is 0 Å². The molecule has 1 aliphatic heterocycles. The number of nitriles is 1. The predicted molar refractivity (Wildman–Crippen MR) is 120 cm³/mol. The Morgan fingerprint density at radius 3 is 2.83 bits per heavy atom. The lowest BCUT2D eigenvalue weighted by molar-refractivity contribution is 0.0724. The number of carbonyl (C=O) groups excluding carboxylic acids is 1. The number of carbonyl (C=O) groups is 1. The molecule has 0 saturated heterocycles. The van der Waals surface area contributed by atoms with Gasteiger partial charge >= 0.3 is 0 Å². The zero-order chi connectivity index (χ0) is 21.7. The first kappa shape index (κ1) is 22.3. The number of halogens is 1. The van der Waals surface area contributed by atoms with E-state index in [1.807, 2.05) is 17.9 Å². The highest BCUT2D eigenvalue weighted by Gasteiger charge is 2.27. The second-order valence-corrected chi connectivity index (χ2v) is 8.30. The predicted octanol–water partition coefficient (Wildman–Crippen LogP) is 3.81. The molecule has 0 aliphatic carbocycles. The van der Waals surface area contributed by atoms with E-state index < -0.39 is 0 Å². The molecule has 0 atom stereocenters. The van der Waals surface area contributed by atoms with Crippen molar-refractivity contribution < 1.29 is 9.53 Å². The van der Waals surface area contributed by atoms with Gasteiger partial charge in [-0.15, -0.1) is 0 Å². The van der Waals surface area contributed by atoms with Gasteiger partial charge in [0.05, 0.1) is 18.8 Å². The van der Waals surface area contributed by atoms with E-state index >= 15 is 0 Å². The van der Waals surface area contributed by atoms with Crippen LogP contribution in [0.15, 0.2) is 28.9 Å². The Morgan fingerprint density at radius 2 is 2.13 bits per heavy atom. The topological polar surface area (TPSA) is 69.5 Å². The van der Waals surface area contributed by atoms with E-state index in [1.54, 1.807) is 6.07 Å². The largest absolute Gasteiger partial charge is 0.492 e. The highest BCUT2D eigenvalue weighted by molar-refractivity contribution is 9.10. The number of amides is 1. The molecular formula is C23H27BrN4O2. The summed E-state index contributed by atoms with van der Waals surface area (Å²) >= 11 is 3.67. The van der Waals surface area contributed by atoms with Crippen molar-refractivity contribution in [1.29, 1.82) is 5.26 Å². The number of benzene rings is 1. The Kier molecular flexibility index (Phi) is 7.46. The Hall–Kier alpha value is -2.43. The molecule has 1 aromatic heterocycles. The third-order valence-corrected chi connectivity index (χ3v) is 6.13. The summed E-state index contributed by atoms with van der Waals surface area (Å²) in [5.41, 5.74) is 4.12. The van der Waals surface area contributed by atoms with Crippen LogP contribution >= 0.6 is 15.9 Å². The lowest BCUT2D eigenvalue weighted by atomic mass is 9.95. The molecule has 158 valence electrons. The van der Waals surface area contributed by atoms with E-state index in [1.165, 1.54) is 6.20 Å². The Labute approximate surface area is 186 Å². The minimum absolute atomic E-state index is 0.0202. The molecule has 0 saturated carbocycles. The lowest BCUT2D eigenvalue weighted by Gasteiger charge is -2.29. The van der Waals surface area contributed by atoms with Crippen LogP contribution in [0.5, 0.6) is 5.75 Å². The SMILES string of the molecule is CCOc1cc(CN2CCc3c(Br)cc(CCN(C)CC)cc3C2=O)ncc1C#N. The quantitative estimate of drug-likeness (QED) is 0.586. The van der Waals surface area contributed by atoms with Crippen LogP contribution in [0.1, 0.15) is 46.6 Å². The normalized spacial score (nSPS) is 13.3. The van der Waals surface area contributed by atoms with Gasteiger partial charge in [-0.3, -0.25) is 9.78 Å². The molecule has 0 radical (unpaired) electrons. The van der Waals surface area contributed by atoms with Gasteiger partial charge in [0.1, 0.15) is 17.4 Å². The lowest BCUT2D eigenvalue weighted by Crippen LogP contribution is -2.37. The highest BCUT2D eigenvalue weighted by atomic mass is 79.9. The van der Waals surface area contributed by atoms with Gasteiger partial charge in [0.15, 0.2) is 0 Å². The maximum Gasteiger partial charge on any atom is 0.254 e. The van der Waals surface area contributed by atoms with Crippen LogP contribution in [0.4, 0.5) is 0 Å². The number of nitrogens with zero attached hydrogens (tertiary/aromatic N) is 4. The van der Waals surface area contributed by atoms with Gasteiger partial charge in [0.25, 0.3) is 5.91 Å². The van der Waals surface area contributed by atoms with Gasteiger partial charge in [0, 0.05) is 35.4 Å². The van der Waals surface area contributed by atoms with E-state index in [0.29, 0.717) is 36.7 Å². The van der Waals surface area contributed by atoms with Crippen molar-refractivity contribution in [3.63, 3.8) is 0 Å². The number of aromatic nitrogens is 1. The second kappa shape index (κ2) is 10.1. The molecule has 2 aromatic rings. The fourth-order valence-corrected chi connectivity index (χ4v) is 4.25. The fraction of sp³-hybridized carbons (Fsp3) is 0.435. The summed E-state index contributed by atoms with van der Waals surface area (Å²) in [6.45, 7) is 7.46. The molecule has 3 rings (SSSR count). The van der Waals surface area contributed by atoms with E-state index in [-0.39, 0.29) is 5.91 Å². The minimum atomic E-state index is 0.0202. The Morgan fingerprint density at radius 1 is 1.33 bits per heavy atom. The van der Waals surface area contributed by atoms with Crippen LogP contribution in [0.25, 0.3) is 0 Å². The van der Waals surface area contributed by atoms with Crippen LogP contribution in [-0.4, -0.2) is 54.0 Å². The number of pyridine rings is 1. The monoisotopic (exact) mass is 470 g/mol. The first-order valence-electron chi connectivity index (χ1n) is 10.3. The van der Waals surface area contributed by atoms with Crippen LogP contribution in [0.3, 0.4) is 0 Å². The Balaban J connectivity index is 1.80. The summed E-state index contributed by atoms with van der Waals surface area (Å²) in [6.07, 6.45) is 3.21. The second-order valence-electron chi connectivity index (χ2n) is 7.44. The standard InChI is InChI=1S/C23H27BrN4O2/c1-4-27(3)8-6-16-10-20-19(21(24)11-16)7-9-28(23(20)29)15-18-12-22(30-5-2)17(13-25)14-26-18/h10-12,14H,4-9,15H2,1-3H3. The molecule has 6 nitrogen and oxygen atoms in total. The number of ether oxygens (including phenoxy) is 1. The van der Waals surface area contributed by atoms with Crippen molar-refractivity contribution in [2.45, 2.75) is 33.2 Å². The third kappa shape index (κ3) is 5.00. The van der Waals surface area contributed by atoms with Gasteiger partial charge in [-0.1, -0.05) is 22.9 Å². The molecular weight excluding hydrogens is 444 g/mol. The van der Waals surface area contributed by atoms with Crippen molar-refractivity contribution in [2.75, 3.05) is 33.3 Å². The number of rotatable bonds is 8. The molecule has 0 bridgehead atoms. The number of likely N-dealkylation sites (N-methyl/N-ethyl adjacent to an activating group) is 1. The molecule has 1 amide bonds. The first-order valence-corrected chi connectivity index (χ1v) is 11.1. The molecule has 1 aromatic carbocycles. The number of hydrogen-bond donors (Lipinski definition) is 0. The van der Waals surface area contributed by atoms with Gasteiger partial charge in [-0.05, 0) is 56.6 Å². The average molecular weight is 471 g/mol. The van der Waals surface area contributed by atoms with E-state index in [2.05, 4.69) is 51.9 Å². The van der Waals surface area contributed by atoms with Crippen LogP contribution in [0.2, 0.25) is 0 Å². The maximum absolute atomic E-state index is 13.2. The van der Waals surface area contributed by atoms with Crippen LogP contribution < -0.4 is 4.74 Å². The molecule has 0 unspecified atom stereocenters. The van der Waals surface area contributed by atoms with Crippen molar-refractivity contribution in [3.8, 4) is 11.8 Å². The zero-order valence-corrected chi connectivity index (χ0v) is 19.3. The summed E-state index contributed by atoms with van der Waals surface area (Å²) in [5.74, 6) is 0.534. The smallest absolute Gasteiger partial charge is 0.254 e. The first-order chi connectivity index (χ1) is 14.5. The molecule has 0 N–H and O–H groups in total. The average Bonchev–Trinajstić information content (AvgIpc) is 2.74. The summed E-state index contributed by atoms with van der Waals surface area (Å²) in [7, 11) is 2.10. The molecule has 2 heterocycles. The van der Waals surface area contributed by atoms with Gasteiger partial charge in [-0.25, -0.2) is 0 Å². The van der Waals surface area contributed by atoms with Gasteiger partial charge < -0.3 is 14.5 Å². The molecule has 30 heavy (non-hydrogen) atoms. The van der Waals surface area contributed by atoms with E-state index in [0.717, 1.165) is 47.1 Å². The van der Waals surface area contributed by atoms with Gasteiger partial charge in [0.2, 0.25) is 0 Å². The molecule has 1 aliphatic rings. The Bertz CT molecular complexity index is 970. The van der Waals surface area contributed by atoms with Crippen LogP contribution in [-0.2, 0) is 19.4 Å². The van der Waals surface area contributed by atoms with Gasteiger partial charge in [-0.2, -0.15) is 5.26 Å². The minimum Gasteiger partial charge on any atom is -0.492 e. The maximum atomic E-state index is 13.2. The molecule has 0 fully saturated rings. The molecule has 0 spiro atoms. The number of fused-ring (bicyclic) bond motifs is 1.